The molecule has 0 amide bonds. The Morgan fingerprint density at radius 3 is 3.14 bits per heavy atom. The van der Waals surface area contributed by atoms with E-state index in [-0.39, 0.29) is 0 Å². The Labute approximate surface area is 124 Å². The lowest BCUT2D eigenvalue weighted by molar-refractivity contribution is 0.931. The molecule has 21 heavy (non-hydrogen) atoms. The number of H-pyrrole nitrogens is 1. The molecule has 6 nitrogen and oxygen atoms in total. The predicted molar refractivity (Wildman–Crippen MR) is 82.0 cm³/mol. The van der Waals surface area contributed by atoms with Gasteiger partial charge in [-0.2, -0.15) is 14.7 Å². The van der Waals surface area contributed by atoms with E-state index >= 15 is 0 Å². The smallest absolute Gasteiger partial charge is 0.184 e. The summed E-state index contributed by atoms with van der Waals surface area (Å²) in [6, 6.07) is 5.88. The summed E-state index contributed by atoms with van der Waals surface area (Å²) in [4.78, 5) is 6.58. The predicted octanol–water partition coefficient (Wildman–Crippen LogP) is 0.670. The highest BCUT2D eigenvalue weighted by atomic mass is 32.1. The second-order valence-electron chi connectivity index (χ2n) is 4.79. The average molecular weight is 296 g/mol. The molecule has 1 aliphatic rings. The summed E-state index contributed by atoms with van der Waals surface area (Å²) in [5.74, 6) is 0.779. The van der Waals surface area contributed by atoms with Crippen LogP contribution in [-0.2, 0) is 0 Å². The molecule has 0 bridgehead atoms. The van der Waals surface area contributed by atoms with Gasteiger partial charge in [0.25, 0.3) is 0 Å². The minimum Gasteiger partial charge on any atom is -0.325 e. The Balaban J connectivity index is 1.80. The van der Waals surface area contributed by atoms with Crippen LogP contribution in [0.3, 0.4) is 0 Å². The molecular formula is C14H12N6S. The summed E-state index contributed by atoms with van der Waals surface area (Å²) in [5, 5.41) is 12.4. The molecule has 1 aliphatic heterocycles. The fraction of sp³-hybridized carbons (Fsp3) is 0.143. The lowest BCUT2D eigenvalue weighted by Crippen LogP contribution is -2.32. The van der Waals surface area contributed by atoms with Gasteiger partial charge >= 0.3 is 0 Å². The van der Waals surface area contributed by atoms with Crippen molar-refractivity contribution in [3.8, 4) is 11.4 Å². The molecule has 4 rings (SSSR count). The van der Waals surface area contributed by atoms with Gasteiger partial charge in [0.1, 0.15) is 0 Å². The second-order valence-corrected chi connectivity index (χ2v) is 5.62. The van der Waals surface area contributed by atoms with Gasteiger partial charge in [0.2, 0.25) is 0 Å². The first-order valence-corrected chi connectivity index (χ1v) is 7.33. The molecule has 7 heteroatoms. The number of aromatic nitrogens is 5. The zero-order valence-electron chi connectivity index (χ0n) is 11.3. The lowest BCUT2D eigenvalue weighted by Gasteiger charge is -2.18. The van der Waals surface area contributed by atoms with E-state index in [4.69, 9.17) is 0 Å². The molecule has 0 aromatic carbocycles. The van der Waals surface area contributed by atoms with Crippen LogP contribution in [0.2, 0.25) is 0 Å². The Kier molecular flexibility index (Phi) is 2.78. The van der Waals surface area contributed by atoms with E-state index in [0.717, 1.165) is 34.7 Å². The summed E-state index contributed by atoms with van der Waals surface area (Å²) in [6.45, 7) is 2.72. The Bertz CT molecular complexity index is 909. The number of rotatable bonds is 2. The summed E-state index contributed by atoms with van der Waals surface area (Å²) in [5.41, 5.74) is 2.54. The van der Waals surface area contributed by atoms with Crippen molar-refractivity contribution in [3.63, 3.8) is 0 Å². The number of nitrogens with zero attached hydrogens (tertiary/aromatic N) is 5. The van der Waals surface area contributed by atoms with Crippen LogP contribution < -0.4 is 14.7 Å². The molecule has 0 saturated carbocycles. The fourth-order valence-corrected chi connectivity index (χ4v) is 2.97. The molecular weight excluding hydrogens is 284 g/mol. The standard InChI is InChI=1S/C14H12N6S/c1-9-3-2-4-11(16-9)13-14(18-19-17-13)20-6-5-12-10(8-20)7-15-21-12/h2-5,7-8H,6H2,1H3,(H,17,18,19). The summed E-state index contributed by atoms with van der Waals surface area (Å²) >= 11 is 1.51. The van der Waals surface area contributed by atoms with Crippen molar-refractivity contribution in [1.29, 1.82) is 0 Å². The minimum atomic E-state index is 0.751. The SMILES string of the molecule is Cc1cccc(-c2n[nH]nc2N2C=c3cnsc3=CC2)n1. The highest BCUT2D eigenvalue weighted by Gasteiger charge is 2.18. The quantitative estimate of drug-likeness (QED) is 0.752. The number of anilines is 1. The third-order valence-corrected chi connectivity index (χ3v) is 4.14. The Morgan fingerprint density at radius 1 is 1.29 bits per heavy atom. The van der Waals surface area contributed by atoms with Crippen LogP contribution in [0.15, 0.2) is 24.4 Å². The molecule has 4 heterocycles. The van der Waals surface area contributed by atoms with Gasteiger partial charge in [-0.3, -0.25) is 4.98 Å². The largest absolute Gasteiger partial charge is 0.325 e. The molecule has 0 radical (unpaired) electrons. The number of hydrogen-bond acceptors (Lipinski definition) is 6. The topological polar surface area (TPSA) is 70.6 Å². The monoisotopic (exact) mass is 296 g/mol. The number of hydrogen-bond donors (Lipinski definition) is 1. The van der Waals surface area contributed by atoms with E-state index in [1.807, 2.05) is 31.3 Å². The van der Waals surface area contributed by atoms with Gasteiger partial charge in [0, 0.05) is 29.9 Å². The molecule has 0 spiro atoms. The van der Waals surface area contributed by atoms with Crippen molar-refractivity contribution in [2.24, 2.45) is 0 Å². The van der Waals surface area contributed by atoms with Crippen LogP contribution in [0.25, 0.3) is 23.7 Å². The zero-order valence-corrected chi connectivity index (χ0v) is 12.1. The van der Waals surface area contributed by atoms with Crippen LogP contribution in [0.4, 0.5) is 5.82 Å². The molecule has 0 fully saturated rings. The van der Waals surface area contributed by atoms with Crippen LogP contribution in [0.1, 0.15) is 5.69 Å². The summed E-state index contributed by atoms with van der Waals surface area (Å²) < 4.78 is 5.41. The van der Waals surface area contributed by atoms with E-state index in [1.54, 1.807) is 0 Å². The van der Waals surface area contributed by atoms with Crippen LogP contribution in [-0.4, -0.2) is 31.3 Å². The van der Waals surface area contributed by atoms with Gasteiger partial charge in [-0.25, -0.2) is 0 Å². The molecule has 0 unspecified atom stereocenters. The first-order valence-electron chi connectivity index (χ1n) is 6.55. The van der Waals surface area contributed by atoms with Crippen molar-refractivity contribution in [3.05, 3.63) is 39.8 Å². The minimum absolute atomic E-state index is 0.751. The summed E-state index contributed by atoms with van der Waals surface area (Å²) in [7, 11) is 0. The highest BCUT2D eigenvalue weighted by Crippen LogP contribution is 2.25. The number of nitrogens with one attached hydrogen (secondary N) is 1. The van der Waals surface area contributed by atoms with E-state index < -0.39 is 0 Å². The van der Waals surface area contributed by atoms with Gasteiger partial charge in [-0.15, -0.1) is 5.10 Å². The third-order valence-electron chi connectivity index (χ3n) is 3.33. The Hall–Kier alpha value is -2.54. The van der Waals surface area contributed by atoms with Crippen molar-refractivity contribution in [2.75, 3.05) is 11.4 Å². The maximum Gasteiger partial charge on any atom is 0.184 e. The van der Waals surface area contributed by atoms with Gasteiger partial charge in [0.15, 0.2) is 11.5 Å². The number of aryl methyl sites for hydroxylation is 1. The first kappa shape index (κ1) is 12.2. The molecule has 104 valence electrons. The van der Waals surface area contributed by atoms with Gasteiger partial charge in [-0.05, 0) is 36.7 Å². The second kappa shape index (κ2) is 4.78. The normalized spacial score (nSPS) is 13.5. The van der Waals surface area contributed by atoms with Crippen LogP contribution in [0, 0.1) is 6.92 Å². The summed E-state index contributed by atoms with van der Waals surface area (Å²) in [6.07, 6.45) is 6.07. The van der Waals surface area contributed by atoms with Gasteiger partial charge in [0.05, 0.1) is 10.2 Å². The molecule has 3 aromatic heterocycles. The maximum absolute atomic E-state index is 4.52. The van der Waals surface area contributed by atoms with E-state index in [0.29, 0.717) is 0 Å². The van der Waals surface area contributed by atoms with E-state index in [9.17, 15) is 0 Å². The molecule has 0 atom stereocenters. The number of fused-ring (bicyclic) bond motifs is 1. The lowest BCUT2D eigenvalue weighted by atomic mass is 10.2. The molecule has 0 aliphatic carbocycles. The zero-order chi connectivity index (χ0) is 14.2. The molecule has 3 aromatic rings. The van der Waals surface area contributed by atoms with Crippen LogP contribution in [0.5, 0.6) is 0 Å². The molecule has 0 saturated heterocycles. The fourth-order valence-electron chi connectivity index (χ4n) is 2.33. The third kappa shape index (κ3) is 2.11. The maximum atomic E-state index is 4.52. The van der Waals surface area contributed by atoms with Crippen molar-refractivity contribution in [2.45, 2.75) is 6.92 Å². The van der Waals surface area contributed by atoms with Crippen molar-refractivity contribution < 1.29 is 0 Å². The van der Waals surface area contributed by atoms with E-state index in [2.05, 4.69) is 41.9 Å². The molecule has 1 N–H and O–H groups in total. The highest BCUT2D eigenvalue weighted by molar-refractivity contribution is 7.03. The first-order chi connectivity index (χ1) is 10.3. The van der Waals surface area contributed by atoms with Gasteiger partial charge < -0.3 is 4.90 Å². The number of aromatic amines is 1. The average Bonchev–Trinajstić information content (AvgIpc) is 3.15. The van der Waals surface area contributed by atoms with Gasteiger partial charge in [-0.1, -0.05) is 6.07 Å². The van der Waals surface area contributed by atoms with Crippen LogP contribution >= 0.6 is 11.5 Å². The van der Waals surface area contributed by atoms with Crippen molar-refractivity contribution in [1.82, 2.24) is 24.8 Å². The van der Waals surface area contributed by atoms with E-state index in [1.165, 1.54) is 16.1 Å². The number of pyridine rings is 1. The Morgan fingerprint density at radius 2 is 2.24 bits per heavy atom. The van der Waals surface area contributed by atoms with Crippen molar-refractivity contribution >= 4 is 29.6 Å².